The fourth-order valence-electron chi connectivity index (χ4n) is 0. The third-order valence-electron chi connectivity index (χ3n) is 0. The molecule has 0 unspecified atom stereocenters. The molecule has 0 aliphatic rings. The molecule has 0 aromatic rings. The van der Waals surface area contributed by atoms with E-state index in [2.05, 4.69) is 6.79 Å². The summed E-state index contributed by atoms with van der Waals surface area (Å²) in [4.78, 5) is 7.75. The summed E-state index contributed by atoms with van der Waals surface area (Å²) in [7, 11) is 0. The van der Waals surface area contributed by atoms with E-state index in [4.69, 9.17) is 4.79 Å². The minimum atomic E-state index is 0. The summed E-state index contributed by atoms with van der Waals surface area (Å²) in [5.74, 6) is 0. The minimum absolute atomic E-state index is 0. The second kappa shape index (κ2) is 24.8. The minimum Gasteiger partial charge on any atom is -0.545 e. The zero-order chi connectivity index (χ0) is 2.00. The molecule has 0 N–H and O–H groups in total. The van der Waals surface area contributed by atoms with Gasteiger partial charge in [-0.05, 0) is 0 Å². The van der Waals surface area contributed by atoms with E-state index in [1.165, 1.54) is 0 Å². The summed E-state index contributed by atoms with van der Waals surface area (Å²) in [5, 5.41) is 0. The first-order valence-electron chi connectivity index (χ1n) is 0.236. The third-order valence-corrected chi connectivity index (χ3v) is 0. The molecule has 0 spiro atoms. The van der Waals surface area contributed by atoms with Crippen LogP contribution in [0.15, 0.2) is 0 Å². The topological polar surface area (TPSA) is 17.1 Å². The molecule has 0 aromatic heterocycles. The fraction of sp³-hybridized carbons (Fsp3) is 0. The fourth-order valence-corrected chi connectivity index (χ4v) is 0. The molecule has 20 valence electrons. The number of carbonyl (C=O) groups excluding carboxylic acids is 1. The molecule has 4 heavy (non-hydrogen) atoms. The molecule has 0 bridgehead atoms. The summed E-state index contributed by atoms with van der Waals surface area (Å²) < 4.78 is 0. The quantitative estimate of drug-likeness (QED) is 0.255. The van der Waals surface area contributed by atoms with E-state index in [0.29, 0.717) is 0 Å². The van der Waals surface area contributed by atoms with Crippen LogP contribution in [0, 0.1) is 7.43 Å². The van der Waals surface area contributed by atoms with Crippen molar-refractivity contribution >= 4 is 6.79 Å². The van der Waals surface area contributed by atoms with Crippen molar-refractivity contribution < 1.29 is 63.0 Å². The monoisotopic (exact) mass is 129 g/mol. The molecule has 0 atom stereocenters. The zero-order valence-corrected chi connectivity index (χ0v) is 7.90. The number of rotatable bonds is 0. The Bertz CT molecular complexity index is 6.00. The van der Waals surface area contributed by atoms with E-state index >= 15 is 0 Å². The van der Waals surface area contributed by atoms with Gasteiger partial charge in [0.2, 0.25) is 0 Å². The van der Waals surface area contributed by atoms with Gasteiger partial charge in [0.1, 0.15) is 0 Å². The Balaban J connectivity index is -0.00000000500. The summed E-state index contributed by atoms with van der Waals surface area (Å²) in [6.45, 7) is 3.25. The Kier molecular flexibility index (Phi) is 111. The van der Waals surface area contributed by atoms with Crippen LogP contribution in [0.3, 0.4) is 0 Å². The second-order valence-electron chi connectivity index (χ2n) is 0. The first-order valence-corrected chi connectivity index (χ1v) is 0.236. The standard InChI is InChI=1S/CHO.CH3.Rb/c1-2;;/h1H;1H3;/q2*-1;+1. The van der Waals surface area contributed by atoms with Crippen molar-refractivity contribution in [3.63, 3.8) is 0 Å². The van der Waals surface area contributed by atoms with Gasteiger partial charge in [-0.3, -0.25) is 6.79 Å². The van der Waals surface area contributed by atoms with E-state index in [9.17, 15) is 0 Å². The average molecular weight is 130 g/mol. The Morgan fingerprint density at radius 2 is 1.25 bits per heavy atom. The third kappa shape index (κ3) is 9.78. The zero-order valence-electron chi connectivity index (χ0n) is 2.99. The van der Waals surface area contributed by atoms with Gasteiger partial charge in [-0.2, -0.15) is 0 Å². The summed E-state index contributed by atoms with van der Waals surface area (Å²) in [6, 6.07) is 0. The van der Waals surface area contributed by atoms with Gasteiger partial charge in [-0.1, -0.05) is 0 Å². The van der Waals surface area contributed by atoms with Crippen LogP contribution >= 0.6 is 0 Å². The van der Waals surface area contributed by atoms with Crippen molar-refractivity contribution in [2.45, 2.75) is 0 Å². The van der Waals surface area contributed by atoms with Crippen LogP contribution in [0.25, 0.3) is 0 Å². The van der Waals surface area contributed by atoms with E-state index in [0.717, 1.165) is 0 Å². The van der Waals surface area contributed by atoms with Crippen molar-refractivity contribution in [2.24, 2.45) is 0 Å². The molecule has 0 aromatic carbocycles. The molecule has 0 fully saturated rings. The smallest absolute Gasteiger partial charge is 0.545 e. The molecule has 0 saturated heterocycles. The Hall–Kier alpha value is 1.48. The first-order chi connectivity index (χ1) is 1.00. The van der Waals surface area contributed by atoms with Crippen LogP contribution in [0.4, 0.5) is 0 Å². The van der Waals surface area contributed by atoms with Crippen molar-refractivity contribution in [2.75, 3.05) is 0 Å². The van der Waals surface area contributed by atoms with Gasteiger partial charge in [0, 0.05) is 0 Å². The maximum Gasteiger partial charge on any atom is 1.00 e. The van der Waals surface area contributed by atoms with Gasteiger partial charge in [0.25, 0.3) is 0 Å². The molecular formula is C2H4ORb-. The van der Waals surface area contributed by atoms with E-state index in [-0.39, 0.29) is 65.6 Å². The molecule has 0 aliphatic carbocycles. The normalized spacial score (nSPS) is 1.00. The molecule has 1 nitrogen and oxygen atoms in total. The Labute approximate surface area is 75.6 Å². The van der Waals surface area contributed by atoms with Crippen LogP contribution < -0.4 is 58.2 Å². The maximum absolute atomic E-state index is 7.75. The van der Waals surface area contributed by atoms with Crippen molar-refractivity contribution in [3.05, 3.63) is 7.43 Å². The SMILES string of the molecule is [CH-]=O.[CH3-].[Rb+]. The largest absolute Gasteiger partial charge is 1.00 e. The Morgan fingerprint density at radius 1 is 1.25 bits per heavy atom. The molecule has 0 aliphatic heterocycles. The van der Waals surface area contributed by atoms with Gasteiger partial charge in [-0.15, -0.1) is 0 Å². The van der Waals surface area contributed by atoms with Crippen LogP contribution in [0.5, 0.6) is 0 Å². The molecule has 0 radical (unpaired) electrons. The Morgan fingerprint density at radius 3 is 1.25 bits per heavy atom. The van der Waals surface area contributed by atoms with E-state index in [1.807, 2.05) is 0 Å². The summed E-state index contributed by atoms with van der Waals surface area (Å²) >= 11 is 0. The number of hydrogen-bond acceptors (Lipinski definition) is 1. The van der Waals surface area contributed by atoms with Crippen molar-refractivity contribution in [1.29, 1.82) is 0 Å². The molecule has 0 saturated carbocycles. The second-order valence-corrected chi connectivity index (χ2v) is 0. The van der Waals surface area contributed by atoms with Crippen molar-refractivity contribution in [3.8, 4) is 0 Å². The van der Waals surface area contributed by atoms with Gasteiger partial charge >= 0.3 is 58.2 Å². The molecular weight excluding hydrogens is 125 g/mol. The van der Waals surface area contributed by atoms with Crippen LogP contribution in [-0.4, -0.2) is 6.79 Å². The predicted molar refractivity (Wildman–Crippen MR) is 13.2 cm³/mol. The van der Waals surface area contributed by atoms with Gasteiger partial charge in [-0.25, -0.2) is 0 Å². The van der Waals surface area contributed by atoms with Crippen LogP contribution in [0.1, 0.15) is 0 Å². The molecule has 2 heteroatoms. The van der Waals surface area contributed by atoms with Crippen molar-refractivity contribution in [1.82, 2.24) is 0 Å². The van der Waals surface area contributed by atoms with E-state index in [1.54, 1.807) is 0 Å². The van der Waals surface area contributed by atoms with Gasteiger partial charge in [0.05, 0.1) is 0 Å². The van der Waals surface area contributed by atoms with Gasteiger partial charge < -0.3 is 12.2 Å². The summed E-state index contributed by atoms with van der Waals surface area (Å²) in [6.07, 6.45) is 0. The summed E-state index contributed by atoms with van der Waals surface area (Å²) in [5.41, 5.74) is 0. The average Bonchev–Trinajstić information content (AvgIpc) is 1.00. The molecule has 0 heterocycles. The van der Waals surface area contributed by atoms with Crippen LogP contribution in [-0.2, 0) is 4.79 Å². The predicted octanol–water partition coefficient (Wildman–Crippen LogP) is -2.82. The van der Waals surface area contributed by atoms with Crippen LogP contribution in [0.2, 0.25) is 0 Å². The molecule has 0 amide bonds. The maximum atomic E-state index is 7.75. The first kappa shape index (κ1) is 17.9. The number of hydrogen-bond donors (Lipinski definition) is 0. The molecule has 0 rings (SSSR count). The van der Waals surface area contributed by atoms with Gasteiger partial charge in [0.15, 0.2) is 0 Å². The van der Waals surface area contributed by atoms with E-state index < -0.39 is 0 Å².